The van der Waals surface area contributed by atoms with Gasteiger partial charge < -0.3 is 13.8 Å². The molecule has 0 radical (unpaired) electrons. The van der Waals surface area contributed by atoms with Crippen LogP contribution in [0.25, 0.3) is 0 Å². The van der Waals surface area contributed by atoms with Gasteiger partial charge in [0, 0.05) is 0 Å². The van der Waals surface area contributed by atoms with E-state index in [1.807, 2.05) is 0 Å². The van der Waals surface area contributed by atoms with Crippen molar-refractivity contribution >= 4 is 10.4 Å². The van der Waals surface area contributed by atoms with Gasteiger partial charge in [0.2, 0.25) is 0 Å². The Morgan fingerprint density at radius 1 is 1.23 bits per heavy atom. The van der Waals surface area contributed by atoms with Crippen LogP contribution in [0.2, 0.25) is 0 Å². The molecule has 1 rings (SSSR count). The minimum absolute atomic E-state index is 0. The molecule has 0 aliphatic rings. The molecular weight excluding hydrogens is 207 g/mol. The number of aromatic hydroxyl groups is 1. The van der Waals surface area contributed by atoms with Gasteiger partial charge in [0.25, 0.3) is 10.4 Å². The van der Waals surface area contributed by atoms with Crippen LogP contribution in [0.5, 0.6) is 11.5 Å². The third kappa shape index (κ3) is 5.12. The second-order valence-corrected chi connectivity index (χ2v) is 2.97. The third-order valence-electron chi connectivity index (χ3n) is 1.04. The Morgan fingerprint density at radius 3 is 2.08 bits per heavy atom. The van der Waals surface area contributed by atoms with Crippen molar-refractivity contribution in [2.45, 2.75) is 0 Å². The van der Waals surface area contributed by atoms with E-state index in [2.05, 4.69) is 4.18 Å². The molecule has 0 unspecified atom stereocenters. The summed E-state index contributed by atoms with van der Waals surface area (Å²) in [6.45, 7) is 0. The van der Waals surface area contributed by atoms with Crippen molar-refractivity contribution < 1.29 is 51.8 Å². The zero-order chi connectivity index (χ0) is 9.19. The summed E-state index contributed by atoms with van der Waals surface area (Å²) in [5.74, 6) is -0.159. The quantitative estimate of drug-likeness (QED) is 0.326. The number of phenols is 1. The first-order valence-electron chi connectivity index (χ1n) is 2.92. The average molecular weight is 212 g/mol. The Labute approximate surface area is 97.6 Å². The molecule has 5 nitrogen and oxygen atoms in total. The summed E-state index contributed by atoms with van der Waals surface area (Å²) in [6.07, 6.45) is 0. The maximum atomic E-state index is 10.0. The van der Waals surface area contributed by atoms with Crippen LogP contribution in [0.3, 0.4) is 0 Å². The molecule has 0 bridgehead atoms. The van der Waals surface area contributed by atoms with Gasteiger partial charge in [-0.25, -0.2) is 8.42 Å². The molecule has 0 fully saturated rings. The van der Waals surface area contributed by atoms with Gasteiger partial charge in [-0.15, -0.1) is 0 Å². The van der Waals surface area contributed by atoms with Crippen molar-refractivity contribution in [3.8, 4) is 11.5 Å². The Morgan fingerprint density at radius 2 is 1.69 bits per heavy atom. The molecule has 0 amide bonds. The summed E-state index contributed by atoms with van der Waals surface area (Å²) in [6, 6.07) is 4.76. The fraction of sp³-hybridized carbons (Fsp3) is 0. The smallest absolute Gasteiger partial charge is 0.716 e. The molecule has 0 heterocycles. The molecule has 0 saturated heterocycles. The van der Waals surface area contributed by atoms with Crippen LogP contribution in [0.15, 0.2) is 24.3 Å². The van der Waals surface area contributed by atoms with Gasteiger partial charge in [0.1, 0.15) is 11.5 Å². The zero-order valence-corrected chi connectivity index (χ0v) is 9.61. The van der Waals surface area contributed by atoms with Crippen molar-refractivity contribution in [3.63, 3.8) is 0 Å². The van der Waals surface area contributed by atoms with Gasteiger partial charge >= 0.3 is 29.6 Å². The van der Waals surface area contributed by atoms with Crippen LogP contribution in [-0.4, -0.2) is 18.1 Å². The van der Waals surface area contributed by atoms with Crippen molar-refractivity contribution in [2.75, 3.05) is 0 Å². The molecule has 1 aromatic rings. The number of rotatable bonds is 2. The van der Waals surface area contributed by atoms with E-state index in [4.69, 9.17) is 5.11 Å². The van der Waals surface area contributed by atoms with E-state index in [0.717, 1.165) is 0 Å². The molecule has 7 heteroatoms. The van der Waals surface area contributed by atoms with Crippen molar-refractivity contribution in [3.05, 3.63) is 24.3 Å². The molecule has 0 aliphatic carbocycles. The molecular formula is C6H5NaO5S. The molecule has 13 heavy (non-hydrogen) atoms. The van der Waals surface area contributed by atoms with E-state index in [-0.39, 0.29) is 41.1 Å². The number of hydrogen-bond acceptors (Lipinski definition) is 5. The zero-order valence-electron chi connectivity index (χ0n) is 6.80. The van der Waals surface area contributed by atoms with Crippen LogP contribution in [0.1, 0.15) is 0 Å². The van der Waals surface area contributed by atoms with Crippen LogP contribution < -0.4 is 33.7 Å². The molecule has 1 aromatic carbocycles. The van der Waals surface area contributed by atoms with Crippen molar-refractivity contribution in [1.82, 2.24) is 0 Å². The van der Waals surface area contributed by atoms with Crippen LogP contribution in [-0.2, 0) is 10.4 Å². The molecule has 0 spiro atoms. The number of benzene rings is 1. The summed E-state index contributed by atoms with van der Waals surface area (Å²) in [7, 11) is -4.72. The first kappa shape index (κ1) is 12.7. The SMILES string of the molecule is O=S(=O)([O-])Oc1ccc(O)cc1.[Na+]. The van der Waals surface area contributed by atoms with Crippen molar-refractivity contribution in [2.24, 2.45) is 0 Å². The van der Waals surface area contributed by atoms with Gasteiger partial charge in [-0.05, 0) is 24.3 Å². The van der Waals surface area contributed by atoms with E-state index in [1.165, 1.54) is 24.3 Å². The second kappa shape index (κ2) is 4.83. The fourth-order valence-corrected chi connectivity index (χ4v) is 0.966. The summed E-state index contributed by atoms with van der Waals surface area (Å²) in [5.41, 5.74) is 0. The normalized spacial score (nSPS) is 10.2. The summed E-state index contributed by atoms with van der Waals surface area (Å²) < 4.78 is 34.1. The summed E-state index contributed by atoms with van der Waals surface area (Å²) >= 11 is 0. The minimum atomic E-state index is -4.72. The monoisotopic (exact) mass is 212 g/mol. The predicted molar refractivity (Wildman–Crippen MR) is 38.4 cm³/mol. The Balaban J connectivity index is 0.00000144. The third-order valence-corrected chi connectivity index (χ3v) is 1.43. The maximum Gasteiger partial charge on any atom is 1.00 e. The Hall–Kier alpha value is -0.270. The first-order chi connectivity index (χ1) is 5.47. The summed E-state index contributed by atoms with van der Waals surface area (Å²) in [5, 5.41) is 8.77. The van der Waals surface area contributed by atoms with Gasteiger partial charge in [-0.2, -0.15) is 0 Å². The number of phenolic OH excluding ortho intramolecular Hbond substituents is 1. The summed E-state index contributed by atoms with van der Waals surface area (Å²) in [4.78, 5) is 0. The Bertz CT molecular complexity index is 357. The maximum absolute atomic E-state index is 10.0. The minimum Gasteiger partial charge on any atom is -0.716 e. The predicted octanol–water partition coefficient (Wildman–Crippen LogP) is -2.76. The van der Waals surface area contributed by atoms with Gasteiger partial charge in [0.15, 0.2) is 0 Å². The van der Waals surface area contributed by atoms with Crippen LogP contribution in [0.4, 0.5) is 0 Å². The van der Waals surface area contributed by atoms with Crippen molar-refractivity contribution in [1.29, 1.82) is 0 Å². The molecule has 0 atom stereocenters. The van der Waals surface area contributed by atoms with Crippen LogP contribution in [0, 0.1) is 0 Å². The largest absolute Gasteiger partial charge is 1.00 e. The van der Waals surface area contributed by atoms with E-state index >= 15 is 0 Å². The second-order valence-electron chi connectivity index (χ2n) is 1.99. The molecule has 1 N–H and O–H groups in total. The van der Waals surface area contributed by atoms with E-state index < -0.39 is 10.4 Å². The Kier molecular flexibility index (Phi) is 4.72. The molecule has 0 saturated carbocycles. The average Bonchev–Trinajstić information content (AvgIpc) is 1.91. The van der Waals surface area contributed by atoms with Gasteiger partial charge in [-0.3, -0.25) is 0 Å². The van der Waals surface area contributed by atoms with Crippen LogP contribution >= 0.6 is 0 Å². The van der Waals surface area contributed by atoms with E-state index in [9.17, 15) is 13.0 Å². The number of hydrogen-bond donors (Lipinski definition) is 1. The van der Waals surface area contributed by atoms with E-state index in [1.54, 1.807) is 0 Å². The van der Waals surface area contributed by atoms with Gasteiger partial charge in [-0.1, -0.05) is 0 Å². The molecule has 0 aliphatic heterocycles. The van der Waals surface area contributed by atoms with Gasteiger partial charge in [0.05, 0.1) is 0 Å². The first-order valence-corrected chi connectivity index (χ1v) is 4.25. The molecule has 0 aromatic heterocycles. The standard InChI is InChI=1S/C6H6O5S.Na/c7-5-1-3-6(4-2-5)11-12(8,9)10;/h1-4,7H,(H,8,9,10);/q;+1/p-1. The topological polar surface area (TPSA) is 86.7 Å². The fourth-order valence-electron chi connectivity index (χ4n) is 0.620. The van der Waals surface area contributed by atoms with E-state index in [0.29, 0.717) is 0 Å². The molecule has 66 valence electrons.